The number of alkyl halides is 3. The minimum atomic E-state index is -4.53. The number of carbonyl (C=O) groups excluding carboxylic acids is 1. The van der Waals surface area contributed by atoms with Crippen LogP contribution in [-0.2, 0) is 12.7 Å². The summed E-state index contributed by atoms with van der Waals surface area (Å²) in [5.74, 6) is -0.0173. The molecule has 0 aliphatic carbocycles. The van der Waals surface area contributed by atoms with Crippen LogP contribution < -0.4 is 15.4 Å². The van der Waals surface area contributed by atoms with E-state index >= 15 is 0 Å². The van der Waals surface area contributed by atoms with Crippen LogP contribution >= 0.6 is 0 Å². The summed E-state index contributed by atoms with van der Waals surface area (Å²) in [4.78, 5) is 19.0. The Labute approximate surface area is 134 Å². The van der Waals surface area contributed by atoms with Crippen LogP contribution in [0.4, 0.5) is 19.1 Å². The molecule has 0 saturated carbocycles. The molecule has 128 valence electrons. The fourth-order valence-corrected chi connectivity index (χ4v) is 2.07. The molecule has 0 spiro atoms. The Kier molecular flexibility index (Phi) is 4.23. The lowest BCUT2D eigenvalue weighted by Crippen LogP contribution is -2.29. The van der Waals surface area contributed by atoms with E-state index in [2.05, 4.69) is 25.7 Å². The number of amides is 1. The molecular formula is C13H13F3N6O2. The maximum atomic E-state index is 12.5. The lowest BCUT2D eigenvalue weighted by atomic mass is 10.4. The second-order valence-electron chi connectivity index (χ2n) is 4.89. The molecule has 11 heteroatoms. The maximum Gasteiger partial charge on any atom is 0.433 e. The summed E-state index contributed by atoms with van der Waals surface area (Å²) in [5.41, 5.74) is -0.809. The van der Waals surface area contributed by atoms with Crippen molar-refractivity contribution in [2.45, 2.75) is 12.7 Å². The normalized spacial score (nSPS) is 13.3. The number of halogens is 3. The summed E-state index contributed by atoms with van der Waals surface area (Å²) < 4.78 is 44.4. The van der Waals surface area contributed by atoms with Crippen molar-refractivity contribution in [3.63, 3.8) is 0 Å². The molecule has 1 aliphatic rings. The largest absolute Gasteiger partial charge is 0.476 e. The summed E-state index contributed by atoms with van der Waals surface area (Å²) in [7, 11) is 0. The van der Waals surface area contributed by atoms with E-state index < -0.39 is 17.8 Å². The van der Waals surface area contributed by atoms with E-state index in [9.17, 15) is 18.0 Å². The fourth-order valence-electron chi connectivity index (χ4n) is 2.07. The van der Waals surface area contributed by atoms with Gasteiger partial charge in [0.25, 0.3) is 5.91 Å². The van der Waals surface area contributed by atoms with Crippen LogP contribution in [0, 0.1) is 0 Å². The first-order chi connectivity index (χ1) is 11.4. The second kappa shape index (κ2) is 6.34. The third-order valence-corrected chi connectivity index (χ3v) is 3.17. The molecule has 0 saturated heterocycles. The Balaban J connectivity index is 1.47. The Morgan fingerprint density at radius 3 is 2.96 bits per heavy atom. The Bertz CT molecular complexity index is 724. The zero-order valence-electron chi connectivity index (χ0n) is 12.3. The predicted octanol–water partition coefficient (Wildman–Crippen LogP) is 0.926. The molecule has 2 aromatic rings. The molecule has 2 N–H and O–H groups in total. The van der Waals surface area contributed by atoms with Gasteiger partial charge in [0.1, 0.15) is 12.3 Å². The molecule has 1 aliphatic heterocycles. The zero-order valence-corrected chi connectivity index (χ0v) is 12.3. The highest BCUT2D eigenvalue weighted by Gasteiger charge is 2.32. The molecule has 0 atom stereocenters. The summed E-state index contributed by atoms with van der Waals surface area (Å²) in [5, 5.41) is 9.28. The standard InChI is InChI=1S/C13H13F3N6O2/c14-13(15,16)9-1-2-18-12(20-9)19-4-3-17-11(23)8-7-10-22(21-8)5-6-24-10/h1-2,7H,3-6H2,(H,17,23)(H,18,19,20). The number of anilines is 1. The highest BCUT2D eigenvalue weighted by atomic mass is 19.4. The van der Waals surface area contributed by atoms with Crippen molar-refractivity contribution >= 4 is 11.9 Å². The Morgan fingerprint density at radius 2 is 2.21 bits per heavy atom. The van der Waals surface area contributed by atoms with Crippen molar-refractivity contribution in [1.82, 2.24) is 25.1 Å². The van der Waals surface area contributed by atoms with Crippen molar-refractivity contribution in [3.8, 4) is 5.88 Å². The van der Waals surface area contributed by atoms with Crippen molar-refractivity contribution in [3.05, 3.63) is 29.7 Å². The number of carbonyl (C=O) groups is 1. The lowest BCUT2D eigenvalue weighted by Gasteiger charge is -2.08. The first kappa shape index (κ1) is 16.0. The van der Waals surface area contributed by atoms with Gasteiger partial charge in [-0.1, -0.05) is 0 Å². The third kappa shape index (κ3) is 3.55. The maximum absolute atomic E-state index is 12.5. The number of nitrogens with one attached hydrogen (secondary N) is 2. The molecule has 3 heterocycles. The van der Waals surface area contributed by atoms with Gasteiger partial charge in [0.15, 0.2) is 5.69 Å². The first-order valence-electron chi connectivity index (χ1n) is 7.06. The number of rotatable bonds is 5. The van der Waals surface area contributed by atoms with Crippen LogP contribution in [0.1, 0.15) is 16.2 Å². The van der Waals surface area contributed by atoms with Crippen molar-refractivity contribution in [2.24, 2.45) is 0 Å². The molecule has 1 amide bonds. The van der Waals surface area contributed by atoms with Gasteiger partial charge in [-0.05, 0) is 6.07 Å². The van der Waals surface area contributed by atoms with Gasteiger partial charge < -0.3 is 15.4 Å². The first-order valence-corrected chi connectivity index (χ1v) is 7.06. The van der Waals surface area contributed by atoms with Crippen molar-refractivity contribution in [1.29, 1.82) is 0 Å². The van der Waals surface area contributed by atoms with Crippen LogP contribution in [0.5, 0.6) is 5.88 Å². The van der Waals surface area contributed by atoms with Gasteiger partial charge in [0.05, 0.1) is 6.54 Å². The second-order valence-corrected chi connectivity index (χ2v) is 4.89. The zero-order chi connectivity index (χ0) is 17.2. The molecule has 0 bridgehead atoms. The molecule has 0 unspecified atom stereocenters. The van der Waals surface area contributed by atoms with Gasteiger partial charge in [-0.25, -0.2) is 14.6 Å². The molecule has 8 nitrogen and oxygen atoms in total. The smallest absolute Gasteiger partial charge is 0.433 e. The molecule has 0 radical (unpaired) electrons. The molecule has 0 fully saturated rings. The number of fused-ring (bicyclic) bond motifs is 1. The van der Waals surface area contributed by atoms with E-state index in [0.717, 1.165) is 12.3 Å². The predicted molar refractivity (Wildman–Crippen MR) is 75.6 cm³/mol. The number of aromatic nitrogens is 4. The summed E-state index contributed by atoms with van der Waals surface area (Å²) in [6.07, 6.45) is -3.51. The molecule has 0 aromatic carbocycles. The highest BCUT2D eigenvalue weighted by Crippen LogP contribution is 2.27. The van der Waals surface area contributed by atoms with Crippen molar-refractivity contribution < 1.29 is 22.7 Å². The van der Waals surface area contributed by atoms with E-state index in [1.807, 2.05) is 0 Å². The highest BCUT2D eigenvalue weighted by molar-refractivity contribution is 5.92. The van der Waals surface area contributed by atoms with Crippen LogP contribution in [0.2, 0.25) is 0 Å². The van der Waals surface area contributed by atoms with E-state index in [0.29, 0.717) is 19.0 Å². The number of nitrogens with zero attached hydrogens (tertiary/aromatic N) is 4. The van der Waals surface area contributed by atoms with Crippen LogP contribution in [0.25, 0.3) is 0 Å². The monoisotopic (exact) mass is 342 g/mol. The number of hydrogen-bond donors (Lipinski definition) is 2. The summed E-state index contributed by atoms with van der Waals surface area (Å²) in [6.45, 7) is 1.46. The van der Waals surface area contributed by atoms with Crippen molar-refractivity contribution in [2.75, 3.05) is 25.0 Å². The van der Waals surface area contributed by atoms with Gasteiger partial charge in [-0.15, -0.1) is 0 Å². The van der Waals surface area contributed by atoms with E-state index in [-0.39, 0.29) is 24.7 Å². The SMILES string of the molecule is O=C(NCCNc1nccc(C(F)(F)F)n1)c1cc2n(n1)CCO2. The fraction of sp³-hybridized carbons (Fsp3) is 0.385. The quantitative estimate of drug-likeness (QED) is 0.785. The van der Waals surface area contributed by atoms with E-state index in [1.165, 1.54) is 6.07 Å². The van der Waals surface area contributed by atoms with Crippen LogP contribution in [0.15, 0.2) is 18.3 Å². The van der Waals surface area contributed by atoms with E-state index in [4.69, 9.17) is 4.74 Å². The molecule has 24 heavy (non-hydrogen) atoms. The molecular weight excluding hydrogens is 329 g/mol. The Morgan fingerprint density at radius 1 is 1.38 bits per heavy atom. The molecule has 2 aromatic heterocycles. The summed E-state index contributed by atoms with van der Waals surface area (Å²) in [6, 6.07) is 2.32. The van der Waals surface area contributed by atoms with Gasteiger partial charge >= 0.3 is 6.18 Å². The minimum Gasteiger partial charge on any atom is -0.476 e. The van der Waals surface area contributed by atoms with Gasteiger partial charge in [-0.2, -0.15) is 18.3 Å². The lowest BCUT2D eigenvalue weighted by molar-refractivity contribution is -0.141. The van der Waals surface area contributed by atoms with Gasteiger partial charge in [0, 0.05) is 25.4 Å². The topological polar surface area (TPSA) is 94.0 Å². The average Bonchev–Trinajstić information content (AvgIpc) is 3.12. The van der Waals surface area contributed by atoms with Crippen LogP contribution in [0.3, 0.4) is 0 Å². The van der Waals surface area contributed by atoms with Gasteiger partial charge in [-0.3, -0.25) is 4.79 Å². The number of hydrogen-bond acceptors (Lipinski definition) is 6. The van der Waals surface area contributed by atoms with Crippen LogP contribution in [-0.4, -0.2) is 45.4 Å². The Hall–Kier alpha value is -2.85. The minimum absolute atomic E-state index is 0.159. The van der Waals surface area contributed by atoms with E-state index in [1.54, 1.807) is 4.68 Å². The molecule has 3 rings (SSSR count). The van der Waals surface area contributed by atoms with Gasteiger partial charge in [0.2, 0.25) is 11.8 Å². The summed E-state index contributed by atoms with van der Waals surface area (Å²) >= 11 is 0. The number of ether oxygens (including phenoxy) is 1. The third-order valence-electron chi connectivity index (χ3n) is 3.17. The average molecular weight is 342 g/mol.